The highest BCUT2D eigenvalue weighted by molar-refractivity contribution is 5.93. The molecule has 166 valence electrons. The van der Waals surface area contributed by atoms with Gasteiger partial charge in [0.05, 0.1) is 25.4 Å². The van der Waals surface area contributed by atoms with Crippen molar-refractivity contribution in [3.05, 3.63) is 0 Å². The third-order valence-electron chi connectivity index (χ3n) is 4.28. The van der Waals surface area contributed by atoms with E-state index in [2.05, 4.69) is 0 Å². The first-order valence-corrected chi connectivity index (χ1v) is 10.6. The van der Waals surface area contributed by atoms with Gasteiger partial charge in [-0.1, -0.05) is 41.5 Å². The lowest BCUT2D eigenvalue weighted by Gasteiger charge is -2.47. The fourth-order valence-electron chi connectivity index (χ4n) is 3.17. The molecule has 0 amide bonds. The van der Waals surface area contributed by atoms with Gasteiger partial charge in [-0.3, -0.25) is 0 Å². The van der Waals surface area contributed by atoms with E-state index in [0.717, 1.165) is 0 Å². The second kappa shape index (κ2) is 11.8. The van der Waals surface area contributed by atoms with Crippen LogP contribution in [0.15, 0.2) is 0 Å². The average molecular weight is 403 g/mol. The highest BCUT2D eigenvalue weighted by Gasteiger charge is 2.64. The molecule has 0 aromatic carbocycles. The minimum Gasteiger partial charge on any atom is -0.463 e. The molecule has 0 aromatic heterocycles. The topological polar surface area (TPSA) is 71.1 Å². The van der Waals surface area contributed by atoms with Crippen molar-refractivity contribution in [3.63, 3.8) is 0 Å². The van der Waals surface area contributed by atoms with Gasteiger partial charge in [0.25, 0.3) is 0 Å². The van der Waals surface area contributed by atoms with Gasteiger partial charge in [0.1, 0.15) is 0 Å². The molecule has 0 spiro atoms. The first-order valence-electron chi connectivity index (χ1n) is 10.6. The largest absolute Gasteiger partial charge is 0.463 e. The standard InChI is InChI=1S/C22H42O6/c1-11-21(27-17(7)8,19(23)25-13-15(3)4)22(12-2,28-18(9)10)20(24)26-14-16(5)6/h15-18H,11-14H2,1-10H3. The number of ether oxygens (including phenoxy) is 4. The van der Waals surface area contributed by atoms with Crippen LogP contribution in [0.5, 0.6) is 0 Å². The van der Waals surface area contributed by atoms with Crippen molar-refractivity contribution in [2.45, 2.75) is 105 Å². The molecule has 0 saturated carbocycles. The smallest absolute Gasteiger partial charge is 0.342 e. The summed E-state index contributed by atoms with van der Waals surface area (Å²) in [5, 5.41) is 0. The molecule has 2 unspecified atom stereocenters. The summed E-state index contributed by atoms with van der Waals surface area (Å²) in [6.07, 6.45) is -0.184. The van der Waals surface area contributed by atoms with Gasteiger partial charge < -0.3 is 18.9 Å². The minimum absolute atomic E-state index is 0.160. The molecule has 0 aromatic rings. The molecule has 6 heteroatoms. The van der Waals surface area contributed by atoms with Crippen LogP contribution in [-0.4, -0.2) is 48.6 Å². The van der Waals surface area contributed by atoms with Gasteiger partial charge in [-0.25, -0.2) is 9.59 Å². The van der Waals surface area contributed by atoms with E-state index in [1.807, 2.05) is 69.2 Å². The molecule has 0 N–H and O–H groups in total. The van der Waals surface area contributed by atoms with Crippen LogP contribution in [0.25, 0.3) is 0 Å². The monoisotopic (exact) mass is 402 g/mol. The molecule has 0 bridgehead atoms. The fraction of sp³-hybridized carbons (Fsp3) is 0.909. The van der Waals surface area contributed by atoms with E-state index in [1.54, 1.807) is 0 Å². The van der Waals surface area contributed by atoms with E-state index in [1.165, 1.54) is 0 Å². The van der Waals surface area contributed by atoms with Gasteiger partial charge in [-0.05, 0) is 52.4 Å². The van der Waals surface area contributed by atoms with Gasteiger partial charge in [0.15, 0.2) is 0 Å². The second-order valence-corrected chi connectivity index (χ2v) is 8.68. The van der Waals surface area contributed by atoms with Crippen LogP contribution in [0, 0.1) is 11.8 Å². The number of esters is 2. The van der Waals surface area contributed by atoms with E-state index in [9.17, 15) is 9.59 Å². The molecular weight excluding hydrogens is 360 g/mol. The van der Waals surface area contributed by atoms with E-state index in [4.69, 9.17) is 18.9 Å². The lowest BCUT2D eigenvalue weighted by Crippen LogP contribution is -2.68. The predicted octanol–water partition coefficient (Wildman–Crippen LogP) is 4.53. The third-order valence-corrected chi connectivity index (χ3v) is 4.28. The Hall–Kier alpha value is -1.14. The molecule has 28 heavy (non-hydrogen) atoms. The first kappa shape index (κ1) is 26.9. The Morgan fingerprint density at radius 2 is 0.929 bits per heavy atom. The number of carbonyl (C=O) groups excluding carboxylic acids is 2. The Bertz CT molecular complexity index is 441. The summed E-state index contributed by atoms with van der Waals surface area (Å²) in [7, 11) is 0. The Morgan fingerprint density at radius 1 is 0.643 bits per heavy atom. The molecule has 6 nitrogen and oxygen atoms in total. The zero-order valence-corrected chi connectivity index (χ0v) is 19.6. The lowest BCUT2D eigenvalue weighted by atomic mass is 9.77. The summed E-state index contributed by atoms with van der Waals surface area (Å²) in [5.74, 6) is -0.845. The number of rotatable bonds is 13. The van der Waals surface area contributed by atoms with Crippen LogP contribution >= 0.6 is 0 Å². The number of hydrogen-bond acceptors (Lipinski definition) is 6. The third kappa shape index (κ3) is 6.73. The van der Waals surface area contributed by atoms with Crippen LogP contribution < -0.4 is 0 Å². The summed E-state index contributed by atoms with van der Waals surface area (Å²) in [4.78, 5) is 26.7. The van der Waals surface area contributed by atoms with E-state index < -0.39 is 23.1 Å². The number of carbonyl (C=O) groups is 2. The summed E-state index contributed by atoms with van der Waals surface area (Å²) < 4.78 is 23.5. The SMILES string of the molecule is CCC(OC(C)C)(C(=O)OCC(C)C)C(CC)(OC(C)C)C(=O)OCC(C)C. The average Bonchev–Trinajstić information content (AvgIpc) is 2.59. The molecule has 0 aliphatic rings. The maximum absolute atomic E-state index is 13.3. The Labute approximate surface area is 171 Å². The maximum atomic E-state index is 13.3. The quantitative estimate of drug-likeness (QED) is 0.421. The van der Waals surface area contributed by atoms with Crippen LogP contribution in [0.2, 0.25) is 0 Å². The van der Waals surface area contributed by atoms with Crippen LogP contribution in [0.1, 0.15) is 82.1 Å². The molecule has 0 rings (SSSR count). The summed E-state index contributed by atoms with van der Waals surface area (Å²) in [6, 6.07) is 0. The van der Waals surface area contributed by atoms with Gasteiger partial charge in [0, 0.05) is 0 Å². The predicted molar refractivity (Wildman–Crippen MR) is 110 cm³/mol. The molecule has 0 heterocycles. The fourth-order valence-corrected chi connectivity index (χ4v) is 3.17. The maximum Gasteiger partial charge on any atom is 0.342 e. The van der Waals surface area contributed by atoms with Gasteiger partial charge in [0.2, 0.25) is 11.2 Å². The summed E-state index contributed by atoms with van der Waals surface area (Å²) >= 11 is 0. The Kier molecular flexibility index (Phi) is 11.3. The normalized spacial score (nSPS) is 16.4. The van der Waals surface area contributed by atoms with E-state index >= 15 is 0 Å². The van der Waals surface area contributed by atoms with Crippen LogP contribution in [0.3, 0.4) is 0 Å². The van der Waals surface area contributed by atoms with E-state index in [-0.39, 0.29) is 50.1 Å². The molecule has 0 saturated heterocycles. The molecule has 0 aliphatic heterocycles. The molecule has 0 fully saturated rings. The van der Waals surface area contributed by atoms with Crippen molar-refractivity contribution < 1.29 is 28.5 Å². The van der Waals surface area contributed by atoms with Gasteiger partial charge in [-0.2, -0.15) is 0 Å². The van der Waals surface area contributed by atoms with Crippen molar-refractivity contribution in [1.82, 2.24) is 0 Å². The number of hydrogen-bond donors (Lipinski definition) is 0. The zero-order chi connectivity index (χ0) is 22.1. The van der Waals surface area contributed by atoms with Crippen molar-refractivity contribution >= 4 is 11.9 Å². The second-order valence-electron chi connectivity index (χ2n) is 8.68. The van der Waals surface area contributed by atoms with Crippen molar-refractivity contribution in [3.8, 4) is 0 Å². The summed E-state index contributed by atoms with van der Waals surface area (Å²) in [5.41, 5.74) is -3.19. The Balaban J connectivity index is 6.39. The molecule has 0 radical (unpaired) electrons. The van der Waals surface area contributed by atoms with E-state index in [0.29, 0.717) is 0 Å². The zero-order valence-electron chi connectivity index (χ0n) is 19.6. The molecular formula is C22H42O6. The first-order chi connectivity index (χ1) is 12.9. The highest BCUT2D eigenvalue weighted by atomic mass is 16.6. The van der Waals surface area contributed by atoms with Gasteiger partial charge >= 0.3 is 11.9 Å². The molecule has 2 atom stereocenters. The minimum atomic E-state index is -1.59. The summed E-state index contributed by atoms with van der Waals surface area (Å²) in [6.45, 7) is 19.2. The van der Waals surface area contributed by atoms with Crippen molar-refractivity contribution in [1.29, 1.82) is 0 Å². The van der Waals surface area contributed by atoms with Crippen molar-refractivity contribution in [2.75, 3.05) is 13.2 Å². The van der Waals surface area contributed by atoms with Crippen LogP contribution in [0.4, 0.5) is 0 Å². The van der Waals surface area contributed by atoms with Crippen molar-refractivity contribution in [2.24, 2.45) is 11.8 Å². The van der Waals surface area contributed by atoms with Crippen LogP contribution in [-0.2, 0) is 28.5 Å². The molecule has 0 aliphatic carbocycles. The highest BCUT2D eigenvalue weighted by Crippen LogP contribution is 2.41. The lowest BCUT2D eigenvalue weighted by molar-refractivity contribution is -0.253. The Morgan fingerprint density at radius 3 is 1.11 bits per heavy atom. The van der Waals surface area contributed by atoms with Gasteiger partial charge in [-0.15, -0.1) is 0 Å².